The Bertz CT molecular complexity index is 3010. The fraction of sp³-hybridized carbons (Fsp3) is 0.135. The molecule has 0 aliphatic carbocycles. The molecule has 3 aromatic heterocycles. The highest BCUT2D eigenvalue weighted by molar-refractivity contribution is 7.25. The molecule has 0 saturated carbocycles. The molecule has 0 aliphatic rings. The molecule has 0 aliphatic heterocycles. The normalized spacial score (nSPS) is 12.6. The zero-order chi connectivity index (χ0) is 39.1. The number of hydrogen-bond donors (Lipinski definition) is 0. The van der Waals surface area contributed by atoms with E-state index in [4.69, 9.17) is 15.0 Å². The van der Waals surface area contributed by atoms with E-state index in [-0.39, 0.29) is 5.41 Å². The molecule has 0 saturated heterocycles. The minimum Gasteiger partial charge on any atom is -0.293 e. The average Bonchev–Trinajstić information content (AvgIpc) is 3.79. The van der Waals surface area contributed by atoms with Crippen molar-refractivity contribution in [2.24, 2.45) is 9.98 Å². The molecule has 3 heterocycles. The molecular weight excluding hydrogens is 713 g/mol. The standard InChI is InChI=1S/C52H44N4S/c1-6-16-44(55-50(36-17-8-7-9-18-36)54-34(2)35-26-29-38(30-27-35)52(3,4)5)41-22-15-32-53-51(41)56-45-23-12-10-19-40(45)43-33-37(28-31-46(43)56)39-21-14-25-48-49(39)42-20-11-13-24-47(42)57-48/h7-15,17-33H,2,6,16H2,1,3-5H3. The van der Waals surface area contributed by atoms with E-state index in [9.17, 15) is 0 Å². The summed E-state index contributed by atoms with van der Waals surface area (Å²) in [5, 5.41) is 4.99. The van der Waals surface area contributed by atoms with Crippen LogP contribution in [0, 0.1) is 0 Å². The third-order valence-corrected chi connectivity index (χ3v) is 11.9. The number of pyridine rings is 1. The van der Waals surface area contributed by atoms with Crippen LogP contribution >= 0.6 is 11.3 Å². The second-order valence-electron chi connectivity index (χ2n) is 15.6. The van der Waals surface area contributed by atoms with Crippen molar-refractivity contribution in [3.8, 4) is 16.9 Å². The summed E-state index contributed by atoms with van der Waals surface area (Å²) in [5.41, 5.74) is 10.5. The first kappa shape index (κ1) is 36.2. The Morgan fingerprint density at radius 2 is 1.39 bits per heavy atom. The van der Waals surface area contributed by atoms with Gasteiger partial charge in [0.05, 0.1) is 22.4 Å². The van der Waals surface area contributed by atoms with E-state index in [1.54, 1.807) is 0 Å². The number of rotatable bonds is 8. The van der Waals surface area contributed by atoms with Gasteiger partial charge in [-0.3, -0.25) is 4.57 Å². The predicted molar refractivity (Wildman–Crippen MR) is 246 cm³/mol. The maximum atomic E-state index is 5.42. The summed E-state index contributed by atoms with van der Waals surface area (Å²) in [4.78, 5) is 15.7. The highest BCUT2D eigenvalue weighted by Crippen LogP contribution is 2.42. The molecule has 0 unspecified atom stereocenters. The van der Waals surface area contributed by atoms with Gasteiger partial charge in [-0.2, -0.15) is 0 Å². The first-order valence-corrected chi connectivity index (χ1v) is 20.5. The summed E-state index contributed by atoms with van der Waals surface area (Å²) in [5.74, 6) is 1.47. The number of aromatic nitrogens is 2. The molecule has 278 valence electrons. The van der Waals surface area contributed by atoms with E-state index in [0.29, 0.717) is 11.5 Å². The van der Waals surface area contributed by atoms with Crippen LogP contribution in [0.25, 0.3) is 64.6 Å². The molecule has 5 heteroatoms. The highest BCUT2D eigenvalue weighted by atomic mass is 32.1. The lowest BCUT2D eigenvalue weighted by molar-refractivity contribution is 0.590. The zero-order valence-electron chi connectivity index (χ0n) is 32.8. The van der Waals surface area contributed by atoms with Crippen LogP contribution in [0.3, 0.4) is 0 Å². The van der Waals surface area contributed by atoms with Crippen molar-refractivity contribution in [1.82, 2.24) is 9.55 Å². The van der Waals surface area contributed by atoms with Gasteiger partial charge in [0.25, 0.3) is 0 Å². The second-order valence-corrected chi connectivity index (χ2v) is 16.7. The largest absolute Gasteiger partial charge is 0.293 e. The fourth-order valence-electron chi connectivity index (χ4n) is 7.90. The number of amidine groups is 1. The van der Waals surface area contributed by atoms with Gasteiger partial charge in [0, 0.05) is 48.3 Å². The number of thiophene rings is 1. The molecule has 9 aromatic rings. The minimum atomic E-state index is 0.0613. The van der Waals surface area contributed by atoms with E-state index in [0.717, 1.165) is 52.1 Å². The van der Waals surface area contributed by atoms with Gasteiger partial charge in [-0.1, -0.05) is 150 Å². The third-order valence-electron chi connectivity index (χ3n) is 10.8. The monoisotopic (exact) mass is 756 g/mol. The Labute approximate surface area is 338 Å². The lowest BCUT2D eigenvalue weighted by Gasteiger charge is -2.19. The Hall–Kier alpha value is -6.43. The molecule has 0 amide bonds. The van der Waals surface area contributed by atoms with Gasteiger partial charge in [-0.25, -0.2) is 15.0 Å². The summed E-state index contributed by atoms with van der Waals surface area (Å²) >= 11 is 1.86. The smallest absolute Gasteiger partial charge is 0.160 e. The Morgan fingerprint density at radius 1 is 0.667 bits per heavy atom. The first-order valence-electron chi connectivity index (χ1n) is 19.7. The van der Waals surface area contributed by atoms with E-state index >= 15 is 0 Å². The number of hydrogen-bond acceptors (Lipinski definition) is 3. The molecule has 4 nitrogen and oxygen atoms in total. The van der Waals surface area contributed by atoms with Crippen LogP contribution in [0.1, 0.15) is 62.8 Å². The van der Waals surface area contributed by atoms with Gasteiger partial charge in [0.15, 0.2) is 5.84 Å². The number of aliphatic imine (C=N–C) groups is 2. The van der Waals surface area contributed by atoms with Crippen molar-refractivity contribution in [3.05, 3.63) is 187 Å². The summed E-state index contributed by atoms with van der Waals surface area (Å²) in [6.45, 7) is 13.3. The number of para-hydroxylation sites is 1. The van der Waals surface area contributed by atoms with Gasteiger partial charge in [-0.15, -0.1) is 11.3 Å². The van der Waals surface area contributed by atoms with Crippen LogP contribution in [-0.2, 0) is 5.41 Å². The molecule has 0 fully saturated rings. The Morgan fingerprint density at radius 3 is 2.18 bits per heavy atom. The van der Waals surface area contributed by atoms with Crippen molar-refractivity contribution < 1.29 is 0 Å². The SMILES string of the molecule is C=C(N=C(N=C(CCC)c1cccnc1-n1c2ccccc2c2cc(-c3cccc4sc5ccccc5c34)ccc21)c1ccccc1)c1ccc(C(C)(C)C)cc1. The summed E-state index contributed by atoms with van der Waals surface area (Å²) in [6.07, 6.45) is 3.54. The lowest BCUT2D eigenvalue weighted by atomic mass is 9.86. The summed E-state index contributed by atoms with van der Waals surface area (Å²) in [7, 11) is 0. The fourth-order valence-corrected chi connectivity index (χ4v) is 9.03. The molecule has 0 bridgehead atoms. The molecular formula is C52H44N4S. The molecule has 0 atom stereocenters. The van der Waals surface area contributed by atoms with Crippen LogP contribution < -0.4 is 0 Å². The average molecular weight is 757 g/mol. The van der Waals surface area contributed by atoms with Crippen molar-refractivity contribution in [1.29, 1.82) is 0 Å². The Balaban J connectivity index is 1.20. The van der Waals surface area contributed by atoms with Crippen molar-refractivity contribution in [3.63, 3.8) is 0 Å². The molecule has 9 rings (SSSR count). The number of benzene rings is 6. The summed E-state index contributed by atoms with van der Waals surface area (Å²) < 4.78 is 4.92. The van der Waals surface area contributed by atoms with Crippen LogP contribution in [0.2, 0.25) is 0 Å². The van der Waals surface area contributed by atoms with Crippen LogP contribution in [0.5, 0.6) is 0 Å². The van der Waals surface area contributed by atoms with Gasteiger partial charge >= 0.3 is 0 Å². The van der Waals surface area contributed by atoms with E-state index in [2.05, 4.69) is 166 Å². The number of nitrogens with zero attached hydrogens (tertiary/aromatic N) is 4. The van der Waals surface area contributed by atoms with Crippen molar-refractivity contribution in [2.75, 3.05) is 0 Å². The van der Waals surface area contributed by atoms with Crippen LogP contribution in [-0.4, -0.2) is 21.1 Å². The second kappa shape index (κ2) is 14.9. The Kier molecular flexibility index (Phi) is 9.47. The van der Waals surface area contributed by atoms with Crippen LogP contribution in [0.15, 0.2) is 174 Å². The lowest BCUT2D eigenvalue weighted by Crippen LogP contribution is -2.12. The number of fused-ring (bicyclic) bond motifs is 6. The summed E-state index contributed by atoms with van der Waals surface area (Å²) in [6, 6.07) is 53.9. The molecule has 57 heavy (non-hydrogen) atoms. The van der Waals surface area contributed by atoms with E-state index < -0.39 is 0 Å². The highest BCUT2D eigenvalue weighted by Gasteiger charge is 2.21. The maximum Gasteiger partial charge on any atom is 0.160 e. The predicted octanol–water partition coefficient (Wildman–Crippen LogP) is 14.2. The molecule has 0 spiro atoms. The van der Waals surface area contributed by atoms with Gasteiger partial charge < -0.3 is 0 Å². The zero-order valence-corrected chi connectivity index (χ0v) is 33.6. The maximum absolute atomic E-state index is 5.42. The van der Waals surface area contributed by atoms with E-state index in [1.807, 2.05) is 41.8 Å². The molecule has 6 aromatic carbocycles. The van der Waals surface area contributed by atoms with Crippen molar-refractivity contribution >= 4 is 70.6 Å². The molecule has 0 radical (unpaired) electrons. The quantitative estimate of drug-likeness (QED) is 0.112. The van der Waals surface area contributed by atoms with Crippen LogP contribution in [0.4, 0.5) is 0 Å². The van der Waals surface area contributed by atoms with Gasteiger partial charge in [0.2, 0.25) is 0 Å². The minimum absolute atomic E-state index is 0.0613. The van der Waals surface area contributed by atoms with Crippen molar-refractivity contribution in [2.45, 2.75) is 46.0 Å². The first-order chi connectivity index (χ1) is 27.8. The third kappa shape index (κ3) is 6.79. The van der Waals surface area contributed by atoms with Gasteiger partial charge in [0.1, 0.15) is 5.82 Å². The van der Waals surface area contributed by atoms with Gasteiger partial charge in [-0.05, 0) is 76.6 Å². The topological polar surface area (TPSA) is 42.5 Å². The molecule has 0 N–H and O–H groups in total. The van der Waals surface area contributed by atoms with E-state index in [1.165, 1.54) is 47.6 Å².